The fourth-order valence-electron chi connectivity index (χ4n) is 3.71. The van der Waals surface area contributed by atoms with Crippen molar-refractivity contribution in [3.8, 4) is 0 Å². The van der Waals surface area contributed by atoms with Gasteiger partial charge in [-0.15, -0.1) is 0 Å². The van der Waals surface area contributed by atoms with E-state index in [0.717, 1.165) is 17.8 Å². The van der Waals surface area contributed by atoms with E-state index in [-0.39, 0.29) is 5.91 Å². The van der Waals surface area contributed by atoms with E-state index >= 15 is 0 Å². The van der Waals surface area contributed by atoms with Gasteiger partial charge in [0.2, 0.25) is 5.91 Å². The Kier molecular flexibility index (Phi) is 7.28. The predicted octanol–water partition coefficient (Wildman–Crippen LogP) is 3.89. The van der Waals surface area contributed by atoms with Crippen molar-refractivity contribution in [1.82, 2.24) is 10.2 Å². The number of anilines is 1. The second-order valence-corrected chi connectivity index (χ2v) is 7.43. The molecular formula is C23H31N3O. The number of amides is 1. The lowest BCUT2D eigenvalue weighted by molar-refractivity contribution is -0.121. The quantitative estimate of drug-likeness (QED) is 0.732. The molecule has 3 N–H and O–H groups in total. The van der Waals surface area contributed by atoms with Crippen molar-refractivity contribution in [2.45, 2.75) is 51.6 Å². The number of hydrogen-bond acceptors (Lipinski definition) is 3. The summed E-state index contributed by atoms with van der Waals surface area (Å²) in [4.78, 5) is 14.8. The smallest absolute Gasteiger partial charge is 0.220 e. The summed E-state index contributed by atoms with van der Waals surface area (Å²) in [5, 5.41) is 3.08. The predicted molar refractivity (Wildman–Crippen MR) is 111 cm³/mol. The monoisotopic (exact) mass is 365 g/mol. The maximum atomic E-state index is 12.3. The van der Waals surface area contributed by atoms with Crippen LogP contribution in [0.2, 0.25) is 0 Å². The third-order valence-corrected chi connectivity index (χ3v) is 5.36. The zero-order valence-electron chi connectivity index (χ0n) is 16.1. The Balaban J connectivity index is 1.51. The first-order chi connectivity index (χ1) is 13.2. The Hall–Kier alpha value is -2.33. The molecule has 1 aliphatic rings. The van der Waals surface area contributed by atoms with Crippen molar-refractivity contribution < 1.29 is 4.79 Å². The Morgan fingerprint density at radius 1 is 0.889 bits per heavy atom. The molecule has 144 valence electrons. The van der Waals surface area contributed by atoms with Crippen LogP contribution in [0.5, 0.6) is 0 Å². The summed E-state index contributed by atoms with van der Waals surface area (Å²) in [5.74, 6) is 0.0721. The Labute approximate surface area is 162 Å². The van der Waals surface area contributed by atoms with E-state index in [0.29, 0.717) is 19.4 Å². The average molecular weight is 366 g/mol. The minimum Gasteiger partial charge on any atom is -0.399 e. The number of benzene rings is 2. The zero-order valence-corrected chi connectivity index (χ0v) is 16.1. The molecule has 2 aromatic rings. The first-order valence-corrected chi connectivity index (χ1v) is 10.1. The van der Waals surface area contributed by atoms with Gasteiger partial charge in [-0.1, -0.05) is 55.3 Å². The van der Waals surface area contributed by atoms with Gasteiger partial charge in [0.25, 0.3) is 0 Å². The average Bonchev–Trinajstić information content (AvgIpc) is 2.95. The van der Waals surface area contributed by atoms with Crippen LogP contribution in [0, 0.1) is 0 Å². The Morgan fingerprint density at radius 2 is 1.52 bits per heavy atom. The number of carbonyl (C=O) groups excluding carboxylic acids is 1. The molecule has 0 aromatic heterocycles. The molecule has 0 radical (unpaired) electrons. The fraction of sp³-hybridized carbons (Fsp3) is 0.435. The molecule has 0 saturated carbocycles. The summed E-state index contributed by atoms with van der Waals surface area (Å²) >= 11 is 0. The summed E-state index contributed by atoms with van der Waals surface area (Å²) in [6.45, 7) is 3.93. The molecule has 1 fully saturated rings. The van der Waals surface area contributed by atoms with Crippen LogP contribution in [-0.4, -0.2) is 23.9 Å². The zero-order chi connectivity index (χ0) is 18.9. The van der Waals surface area contributed by atoms with Crippen LogP contribution in [0.25, 0.3) is 0 Å². The normalized spacial score (nSPS) is 15.3. The molecule has 1 aliphatic heterocycles. The Bertz CT molecular complexity index is 736. The maximum absolute atomic E-state index is 12.3. The lowest BCUT2D eigenvalue weighted by Gasteiger charge is -2.21. The van der Waals surface area contributed by atoms with Crippen molar-refractivity contribution in [2.24, 2.45) is 0 Å². The molecule has 2 aromatic carbocycles. The van der Waals surface area contributed by atoms with Gasteiger partial charge in [0, 0.05) is 25.2 Å². The summed E-state index contributed by atoms with van der Waals surface area (Å²) in [7, 11) is 0. The van der Waals surface area contributed by atoms with Crippen LogP contribution >= 0.6 is 0 Å². The second kappa shape index (κ2) is 10.1. The van der Waals surface area contributed by atoms with Crippen LogP contribution < -0.4 is 11.1 Å². The van der Waals surface area contributed by atoms with Crippen molar-refractivity contribution in [3.05, 3.63) is 65.2 Å². The molecule has 0 unspecified atom stereocenters. The van der Waals surface area contributed by atoms with Gasteiger partial charge in [-0.3, -0.25) is 9.69 Å². The van der Waals surface area contributed by atoms with Crippen LogP contribution in [0.4, 0.5) is 5.69 Å². The van der Waals surface area contributed by atoms with Gasteiger partial charge in [0.1, 0.15) is 0 Å². The van der Waals surface area contributed by atoms with Crippen LogP contribution in [0.1, 0.15) is 48.8 Å². The largest absolute Gasteiger partial charge is 0.399 e. The van der Waals surface area contributed by atoms with Gasteiger partial charge in [0.15, 0.2) is 0 Å². The van der Waals surface area contributed by atoms with Crippen molar-refractivity contribution >= 4 is 11.6 Å². The van der Waals surface area contributed by atoms with Gasteiger partial charge in [0.05, 0.1) is 0 Å². The van der Waals surface area contributed by atoms with Gasteiger partial charge in [-0.25, -0.2) is 0 Å². The Morgan fingerprint density at radius 3 is 2.22 bits per heavy atom. The van der Waals surface area contributed by atoms with E-state index in [1.807, 2.05) is 24.3 Å². The minimum absolute atomic E-state index is 0.0721. The number of nitrogens with zero attached hydrogens (tertiary/aromatic N) is 1. The number of nitrogens with two attached hydrogens (primary N) is 1. The lowest BCUT2D eigenvalue weighted by Crippen LogP contribution is -2.27. The number of rotatable bonds is 7. The second-order valence-electron chi connectivity index (χ2n) is 7.43. The number of nitrogens with one attached hydrogen (secondary N) is 1. The molecule has 4 heteroatoms. The van der Waals surface area contributed by atoms with E-state index in [2.05, 4.69) is 34.5 Å². The highest BCUT2D eigenvalue weighted by molar-refractivity contribution is 5.76. The first-order valence-electron chi connectivity index (χ1n) is 10.1. The number of aryl methyl sites for hydroxylation is 1. The molecule has 1 heterocycles. The van der Waals surface area contributed by atoms with Gasteiger partial charge in [-0.05, 0) is 55.1 Å². The topological polar surface area (TPSA) is 58.4 Å². The summed E-state index contributed by atoms with van der Waals surface area (Å²) in [5.41, 5.74) is 10.3. The third kappa shape index (κ3) is 6.10. The van der Waals surface area contributed by atoms with E-state index in [1.54, 1.807) is 0 Å². The van der Waals surface area contributed by atoms with Crippen LogP contribution in [0.3, 0.4) is 0 Å². The van der Waals surface area contributed by atoms with Crippen molar-refractivity contribution in [3.63, 3.8) is 0 Å². The fourth-order valence-corrected chi connectivity index (χ4v) is 3.71. The molecule has 0 bridgehead atoms. The molecule has 3 rings (SSSR count). The van der Waals surface area contributed by atoms with Gasteiger partial charge < -0.3 is 11.1 Å². The maximum Gasteiger partial charge on any atom is 0.220 e. The molecular weight excluding hydrogens is 334 g/mol. The number of likely N-dealkylation sites (tertiary alicyclic amines) is 1. The van der Waals surface area contributed by atoms with Crippen molar-refractivity contribution in [2.75, 3.05) is 18.8 Å². The minimum atomic E-state index is 0.0721. The standard InChI is InChI=1S/C23H31N3O/c24-22-12-6-5-9-19(22)13-14-23(27)25-17-20-10-3-4-11-21(20)18-26-15-7-1-2-8-16-26/h3-6,9-12H,1-2,7-8,13-18,24H2,(H,25,27). The van der Waals surface area contributed by atoms with E-state index < -0.39 is 0 Å². The molecule has 0 spiro atoms. The highest BCUT2D eigenvalue weighted by Crippen LogP contribution is 2.16. The summed E-state index contributed by atoms with van der Waals surface area (Å²) in [6.07, 6.45) is 6.42. The third-order valence-electron chi connectivity index (χ3n) is 5.36. The van der Waals surface area contributed by atoms with Gasteiger partial charge in [-0.2, -0.15) is 0 Å². The number of carbonyl (C=O) groups is 1. The molecule has 1 saturated heterocycles. The molecule has 0 aliphatic carbocycles. The summed E-state index contributed by atoms with van der Waals surface area (Å²) < 4.78 is 0. The van der Waals surface area contributed by atoms with Crippen LogP contribution in [0.15, 0.2) is 48.5 Å². The number of para-hydroxylation sites is 1. The SMILES string of the molecule is Nc1ccccc1CCC(=O)NCc1ccccc1CN1CCCCCC1. The molecule has 0 atom stereocenters. The van der Waals surface area contributed by atoms with E-state index in [4.69, 9.17) is 5.73 Å². The summed E-state index contributed by atoms with van der Waals surface area (Å²) in [6, 6.07) is 16.2. The van der Waals surface area contributed by atoms with E-state index in [1.165, 1.54) is 49.9 Å². The van der Waals surface area contributed by atoms with Crippen molar-refractivity contribution in [1.29, 1.82) is 0 Å². The highest BCUT2D eigenvalue weighted by Gasteiger charge is 2.12. The van der Waals surface area contributed by atoms with Crippen LogP contribution in [-0.2, 0) is 24.3 Å². The number of nitrogen functional groups attached to an aromatic ring is 1. The van der Waals surface area contributed by atoms with E-state index in [9.17, 15) is 4.79 Å². The molecule has 27 heavy (non-hydrogen) atoms. The van der Waals surface area contributed by atoms with Gasteiger partial charge >= 0.3 is 0 Å². The number of hydrogen-bond donors (Lipinski definition) is 2. The first kappa shape index (κ1) is 19.4. The lowest BCUT2D eigenvalue weighted by atomic mass is 10.1. The molecule has 4 nitrogen and oxygen atoms in total. The molecule has 1 amide bonds. The highest BCUT2D eigenvalue weighted by atomic mass is 16.1.